The number of nitrogens with one attached hydrogen (secondary N) is 1. The Kier molecular flexibility index (Phi) is 7.14. The van der Waals surface area contributed by atoms with Crippen LogP contribution in [-0.4, -0.2) is 53.5 Å². The van der Waals surface area contributed by atoms with Gasteiger partial charge in [0.05, 0.1) is 0 Å². The predicted octanol–water partition coefficient (Wildman–Crippen LogP) is 4.25. The molecule has 1 saturated heterocycles. The van der Waals surface area contributed by atoms with E-state index < -0.39 is 5.43 Å². The van der Waals surface area contributed by atoms with Gasteiger partial charge in [0.2, 0.25) is 5.43 Å². The van der Waals surface area contributed by atoms with E-state index in [1.54, 1.807) is 17.3 Å². The molecule has 2 aliphatic carbocycles. The molecule has 2 aromatic rings. The Morgan fingerprint density at radius 2 is 1.57 bits per heavy atom. The lowest BCUT2D eigenvalue weighted by molar-refractivity contribution is 0.0744. The number of carbonyl (C=O) groups excluding carboxylic acids is 2. The fraction of sp³-hybridized carbons (Fsp3) is 0.519. The van der Waals surface area contributed by atoms with Crippen LogP contribution in [0.15, 0.2) is 41.5 Å². The van der Waals surface area contributed by atoms with Gasteiger partial charge in [-0.3, -0.25) is 14.4 Å². The molecule has 1 aromatic heterocycles. The zero-order chi connectivity index (χ0) is 24.4. The molecule has 0 bridgehead atoms. The first kappa shape index (κ1) is 23.9. The van der Waals surface area contributed by atoms with Crippen molar-refractivity contribution >= 4 is 29.1 Å². The SMILES string of the molecule is O=C(NC1CCCCCC1)c1cn(C2CC2)cc(C(=O)N2CCN(c3cccc(Cl)c3)CC2)c1=O. The molecule has 2 heterocycles. The van der Waals surface area contributed by atoms with E-state index in [-0.39, 0.29) is 35.0 Å². The maximum absolute atomic E-state index is 13.5. The third kappa shape index (κ3) is 5.56. The van der Waals surface area contributed by atoms with Gasteiger partial charge in [0.25, 0.3) is 11.8 Å². The van der Waals surface area contributed by atoms with E-state index in [4.69, 9.17) is 11.6 Å². The van der Waals surface area contributed by atoms with Crippen LogP contribution < -0.4 is 15.6 Å². The highest BCUT2D eigenvalue weighted by molar-refractivity contribution is 6.30. The molecule has 0 radical (unpaired) electrons. The molecule has 35 heavy (non-hydrogen) atoms. The van der Waals surface area contributed by atoms with Gasteiger partial charge in [-0.1, -0.05) is 43.4 Å². The van der Waals surface area contributed by atoms with Crippen molar-refractivity contribution in [2.24, 2.45) is 0 Å². The number of halogens is 1. The lowest BCUT2D eigenvalue weighted by Gasteiger charge is -2.36. The number of rotatable bonds is 5. The van der Waals surface area contributed by atoms with E-state index in [0.717, 1.165) is 44.2 Å². The van der Waals surface area contributed by atoms with Crippen LogP contribution in [0.25, 0.3) is 0 Å². The van der Waals surface area contributed by atoms with E-state index in [9.17, 15) is 14.4 Å². The number of carbonyl (C=O) groups is 2. The topological polar surface area (TPSA) is 74.7 Å². The fourth-order valence-corrected chi connectivity index (χ4v) is 5.38. The van der Waals surface area contributed by atoms with Gasteiger partial charge >= 0.3 is 0 Å². The third-order valence-corrected chi connectivity index (χ3v) is 7.65. The van der Waals surface area contributed by atoms with Crippen LogP contribution in [0.4, 0.5) is 5.69 Å². The lowest BCUT2D eigenvalue weighted by Crippen LogP contribution is -2.50. The highest BCUT2D eigenvalue weighted by atomic mass is 35.5. The quantitative estimate of drug-likeness (QED) is 0.628. The normalized spacial score (nSPS) is 19.3. The molecule has 0 atom stereocenters. The van der Waals surface area contributed by atoms with Gasteiger partial charge in [0.15, 0.2) is 0 Å². The summed E-state index contributed by atoms with van der Waals surface area (Å²) in [6.45, 7) is 2.33. The number of aromatic nitrogens is 1. The second-order valence-corrected chi connectivity index (χ2v) is 10.5. The number of benzene rings is 1. The van der Waals surface area contributed by atoms with Crippen molar-refractivity contribution in [1.29, 1.82) is 0 Å². The summed E-state index contributed by atoms with van der Waals surface area (Å²) in [5.41, 5.74) is 0.749. The van der Waals surface area contributed by atoms with Gasteiger partial charge < -0.3 is 19.7 Å². The lowest BCUT2D eigenvalue weighted by atomic mass is 10.1. The van der Waals surface area contributed by atoms with Crippen LogP contribution >= 0.6 is 11.6 Å². The maximum Gasteiger partial charge on any atom is 0.259 e. The predicted molar refractivity (Wildman–Crippen MR) is 137 cm³/mol. The van der Waals surface area contributed by atoms with E-state index in [1.807, 2.05) is 28.8 Å². The zero-order valence-electron chi connectivity index (χ0n) is 20.0. The molecule has 0 spiro atoms. The largest absolute Gasteiger partial charge is 0.368 e. The van der Waals surface area contributed by atoms with E-state index >= 15 is 0 Å². The Balaban J connectivity index is 1.33. The minimum absolute atomic E-state index is 0.0876. The summed E-state index contributed by atoms with van der Waals surface area (Å²) in [5, 5.41) is 3.76. The summed E-state index contributed by atoms with van der Waals surface area (Å²) >= 11 is 6.14. The molecule has 7 nitrogen and oxygen atoms in total. The van der Waals surface area contributed by atoms with Gasteiger partial charge in [-0.25, -0.2) is 0 Å². The number of hydrogen-bond acceptors (Lipinski definition) is 4. The maximum atomic E-state index is 13.5. The van der Waals surface area contributed by atoms with Crippen LogP contribution in [0, 0.1) is 0 Å². The molecule has 1 aromatic carbocycles. The molecule has 3 aliphatic rings. The molecule has 2 saturated carbocycles. The van der Waals surface area contributed by atoms with Gasteiger partial charge in [0, 0.05) is 61.4 Å². The number of amides is 2. The van der Waals surface area contributed by atoms with Crippen molar-refractivity contribution < 1.29 is 9.59 Å². The van der Waals surface area contributed by atoms with Crippen LogP contribution in [0.3, 0.4) is 0 Å². The second-order valence-electron chi connectivity index (χ2n) is 10.0. The first-order valence-electron chi connectivity index (χ1n) is 12.9. The molecule has 0 unspecified atom stereocenters. The molecule has 1 N–H and O–H groups in total. The summed E-state index contributed by atoms with van der Waals surface area (Å²) in [5.74, 6) is -0.643. The van der Waals surface area contributed by atoms with Crippen molar-refractivity contribution in [3.63, 3.8) is 0 Å². The third-order valence-electron chi connectivity index (χ3n) is 7.42. The summed E-state index contributed by atoms with van der Waals surface area (Å²) in [4.78, 5) is 43.9. The molecule has 8 heteroatoms. The monoisotopic (exact) mass is 496 g/mol. The minimum Gasteiger partial charge on any atom is -0.368 e. The molecule has 186 valence electrons. The number of hydrogen-bond donors (Lipinski definition) is 1. The van der Waals surface area contributed by atoms with Crippen LogP contribution in [0.2, 0.25) is 5.02 Å². The van der Waals surface area contributed by atoms with Crippen molar-refractivity contribution in [2.45, 2.75) is 63.5 Å². The summed E-state index contributed by atoms with van der Waals surface area (Å²) in [6, 6.07) is 8.04. The van der Waals surface area contributed by atoms with Gasteiger partial charge in [0.1, 0.15) is 11.1 Å². The Bertz CT molecular complexity index is 1140. The van der Waals surface area contributed by atoms with Crippen molar-refractivity contribution in [2.75, 3.05) is 31.1 Å². The second kappa shape index (κ2) is 10.4. The van der Waals surface area contributed by atoms with Crippen LogP contribution in [0.5, 0.6) is 0 Å². The van der Waals surface area contributed by atoms with Gasteiger partial charge in [-0.2, -0.15) is 0 Å². The highest BCUT2D eigenvalue weighted by Crippen LogP contribution is 2.34. The summed E-state index contributed by atoms with van der Waals surface area (Å²) < 4.78 is 1.90. The Hall–Kier alpha value is -2.80. The molecular weight excluding hydrogens is 464 g/mol. The Morgan fingerprint density at radius 1 is 0.886 bits per heavy atom. The number of nitrogens with zero attached hydrogens (tertiary/aromatic N) is 3. The molecule has 1 aliphatic heterocycles. The molecule has 5 rings (SSSR count). The average Bonchev–Trinajstić information content (AvgIpc) is 3.72. The standard InChI is InChI=1S/C27H33ClN4O3/c28-19-6-5-9-22(16-19)30-12-14-31(15-13-30)27(35)24-18-32(21-10-11-21)17-23(25(24)33)26(34)29-20-7-3-1-2-4-8-20/h5-6,9,16-18,20-21H,1-4,7-8,10-15H2,(H,29,34). The van der Waals surface area contributed by atoms with Crippen molar-refractivity contribution in [3.8, 4) is 0 Å². The summed E-state index contributed by atoms with van der Waals surface area (Å²) in [6.07, 6.45) is 11.8. The van der Waals surface area contributed by atoms with Crippen LogP contribution in [-0.2, 0) is 0 Å². The van der Waals surface area contributed by atoms with Gasteiger partial charge in [-0.15, -0.1) is 0 Å². The fourth-order valence-electron chi connectivity index (χ4n) is 5.19. The van der Waals surface area contributed by atoms with Gasteiger partial charge in [-0.05, 0) is 43.9 Å². The molecule has 3 fully saturated rings. The van der Waals surface area contributed by atoms with E-state index in [2.05, 4.69) is 10.2 Å². The van der Waals surface area contributed by atoms with E-state index in [1.165, 1.54) is 12.8 Å². The first-order valence-corrected chi connectivity index (χ1v) is 13.2. The van der Waals surface area contributed by atoms with Crippen molar-refractivity contribution in [1.82, 2.24) is 14.8 Å². The first-order chi connectivity index (χ1) is 17.0. The Labute approximate surface area is 211 Å². The number of pyridine rings is 1. The average molecular weight is 497 g/mol. The van der Waals surface area contributed by atoms with Crippen molar-refractivity contribution in [3.05, 3.63) is 63.0 Å². The highest BCUT2D eigenvalue weighted by Gasteiger charge is 2.30. The number of anilines is 1. The molecular formula is C27H33ClN4O3. The molecule has 2 amide bonds. The van der Waals surface area contributed by atoms with Crippen LogP contribution in [0.1, 0.15) is 78.1 Å². The zero-order valence-corrected chi connectivity index (χ0v) is 20.8. The smallest absolute Gasteiger partial charge is 0.259 e. The summed E-state index contributed by atoms with van der Waals surface area (Å²) in [7, 11) is 0. The Morgan fingerprint density at radius 3 is 2.23 bits per heavy atom. The number of piperazine rings is 1. The van der Waals surface area contributed by atoms with E-state index in [0.29, 0.717) is 31.2 Å². The minimum atomic E-state index is -0.463.